The molecule has 0 spiro atoms. The minimum absolute atomic E-state index is 0.0995. The van der Waals surface area contributed by atoms with E-state index in [4.69, 9.17) is 0 Å². The summed E-state index contributed by atoms with van der Waals surface area (Å²) in [5, 5.41) is 2.11. The minimum Gasteiger partial charge on any atom is -0.294 e. The molecule has 0 saturated heterocycles. The van der Waals surface area contributed by atoms with E-state index in [0.717, 1.165) is 20.8 Å². The lowest BCUT2D eigenvalue weighted by Gasteiger charge is -2.03. The lowest BCUT2D eigenvalue weighted by atomic mass is 10.0. The third-order valence-corrected chi connectivity index (χ3v) is 2.66. The molecule has 0 aliphatic heterocycles. The maximum atomic E-state index is 11.4. The van der Waals surface area contributed by atoms with Crippen molar-refractivity contribution in [1.82, 2.24) is 0 Å². The number of rotatable bonds is 1. The van der Waals surface area contributed by atoms with Gasteiger partial charge in [-0.15, -0.1) is 0 Å². The molecule has 0 amide bonds. The van der Waals surface area contributed by atoms with Crippen LogP contribution in [0.25, 0.3) is 10.8 Å². The molecular formula is C14H15BrO. The Balaban J connectivity index is 0.000000606. The van der Waals surface area contributed by atoms with E-state index < -0.39 is 0 Å². The van der Waals surface area contributed by atoms with Crippen LogP contribution >= 0.6 is 15.9 Å². The molecule has 84 valence electrons. The molecule has 0 bridgehead atoms. The van der Waals surface area contributed by atoms with Crippen LogP contribution in [0.1, 0.15) is 31.1 Å². The zero-order valence-electron chi connectivity index (χ0n) is 9.75. The SMILES string of the molecule is CC.CC(=O)c1cc(Br)cc2ccccc12. The molecular weight excluding hydrogens is 264 g/mol. The first-order valence-electron chi connectivity index (χ1n) is 5.38. The van der Waals surface area contributed by atoms with Crippen molar-refractivity contribution >= 4 is 32.5 Å². The van der Waals surface area contributed by atoms with Gasteiger partial charge >= 0.3 is 0 Å². The highest BCUT2D eigenvalue weighted by atomic mass is 79.9. The van der Waals surface area contributed by atoms with Crippen molar-refractivity contribution in [1.29, 1.82) is 0 Å². The van der Waals surface area contributed by atoms with Crippen molar-refractivity contribution in [2.24, 2.45) is 0 Å². The van der Waals surface area contributed by atoms with Gasteiger partial charge in [-0.1, -0.05) is 54.0 Å². The van der Waals surface area contributed by atoms with E-state index in [-0.39, 0.29) is 5.78 Å². The summed E-state index contributed by atoms with van der Waals surface area (Å²) in [6.45, 7) is 5.59. The predicted octanol–water partition coefficient (Wildman–Crippen LogP) is 4.83. The van der Waals surface area contributed by atoms with Crippen LogP contribution in [0.5, 0.6) is 0 Å². The van der Waals surface area contributed by atoms with E-state index in [1.54, 1.807) is 6.92 Å². The van der Waals surface area contributed by atoms with E-state index >= 15 is 0 Å². The fraction of sp³-hybridized carbons (Fsp3) is 0.214. The van der Waals surface area contributed by atoms with Crippen molar-refractivity contribution in [3.05, 3.63) is 46.4 Å². The Kier molecular flexibility index (Phi) is 4.69. The van der Waals surface area contributed by atoms with Gasteiger partial charge in [0, 0.05) is 10.0 Å². The molecule has 0 saturated carbocycles. The second kappa shape index (κ2) is 5.80. The van der Waals surface area contributed by atoms with Gasteiger partial charge in [-0.25, -0.2) is 0 Å². The molecule has 0 atom stereocenters. The maximum Gasteiger partial charge on any atom is 0.160 e. The van der Waals surface area contributed by atoms with Crippen molar-refractivity contribution < 1.29 is 4.79 Å². The Bertz CT molecular complexity index is 503. The average molecular weight is 279 g/mol. The van der Waals surface area contributed by atoms with E-state index in [1.165, 1.54) is 0 Å². The quantitative estimate of drug-likeness (QED) is 0.683. The van der Waals surface area contributed by atoms with Gasteiger partial charge in [0.1, 0.15) is 0 Å². The number of hydrogen-bond donors (Lipinski definition) is 0. The van der Waals surface area contributed by atoms with Crippen LogP contribution in [-0.4, -0.2) is 5.78 Å². The largest absolute Gasteiger partial charge is 0.294 e. The standard InChI is InChI=1S/C12H9BrO.C2H6/c1-8(14)12-7-10(13)6-9-4-2-3-5-11(9)12;1-2/h2-7H,1H3;1-2H3. The molecule has 1 nitrogen and oxygen atoms in total. The lowest BCUT2D eigenvalue weighted by Crippen LogP contribution is -1.93. The third kappa shape index (κ3) is 2.70. The van der Waals surface area contributed by atoms with E-state index in [9.17, 15) is 4.79 Å². The number of benzene rings is 2. The Morgan fingerprint density at radius 1 is 1.12 bits per heavy atom. The number of carbonyl (C=O) groups excluding carboxylic acids is 1. The second-order valence-corrected chi connectivity index (χ2v) is 4.15. The highest BCUT2D eigenvalue weighted by Crippen LogP contribution is 2.24. The first kappa shape index (κ1) is 12.9. The molecule has 16 heavy (non-hydrogen) atoms. The van der Waals surface area contributed by atoms with Crippen LogP contribution < -0.4 is 0 Å². The zero-order chi connectivity index (χ0) is 12.1. The van der Waals surface area contributed by atoms with Crippen LogP contribution in [0.2, 0.25) is 0 Å². The summed E-state index contributed by atoms with van der Waals surface area (Å²) < 4.78 is 0.946. The van der Waals surface area contributed by atoms with Crippen molar-refractivity contribution in [2.75, 3.05) is 0 Å². The first-order valence-corrected chi connectivity index (χ1v) is 6.17. The summed E-state index contributed by atoms with van der Waals surface area (Å²) in [6, 6.07) is 11.8. The van der Waals surface area contributed by atoms with E-state index in [2.05, 4.69) is 15.9 Å². The normalized spacial score (nSPS) is 9.50. The molecule has 0 fully saturated rings. The molecule has 2 heteroatoms. The summed E-state index contributed by atoms with van der Waals surface area (Å²) in [5.41, 5.74) is 0.773. The summed E-state index contributed by atoms with van der Waals surface area (Å²) in [7, 11) is 0. The average Bonchev–Trinajstić information content (AvgIpc) is 2.30. The van der Waals surface area contributed by atoms with Crippen LogP contribution in [0.3, 0.4) is 0 Å². The fourth-order valence-electron chi connectivity index (χ4n) is 1.57. The summed E-state index contributed by atoms with van der Waals surface area (Å²) in [6.07, 6.45) is 0. The molecule has 0 radical (unpaired) electrons. The van der Waals surface area contributed by atoms with Crippen molar-refractivity contribution in [3.8, 4) is 0 Å². The Labute approximate surface area is 105 Å². The smallest absolute Gasteiger partial charge is 0.160 e. The topological polar surface area (TPSA) is 17.1 Å². The van der Waals surface area contributed by atoms with Gasteiger partial charge in [-0.3, -0.25) is 4.79 Å². The minimum atomic E-state index is 0.0995. The summed E-state index contributed by atoms with van der Waals surface area (Å²) >= 11 is 3.40. The van der Waals surface area contributed by atoms with Gasteiger partial charge in [0.25, 0.3) is 0 Å². The van der Waals surface area contributed by atoms with Gasteiger partial charge in [0.2, 0.25) is 0 Å². The number of carbonyl (C=O) groups is 1. The number of Topliss-reactive ketones (excluding diaryl/α,β-unsaturated/α-hetero) is 1. The van der Waals surface area contributed by atoms with Crippen LogP contribution in [-0.2, 0) is 0 Å². The molecule has 0 N–H and O–H groups in total. The zero-order valence-corrected chi connectivity index (χ0v) is 11.3. The lowest BCUT2D eigenvalue weighted by molar-refractivity contribution is 0.101. The van der Waals surface area contributed by atoms with Gasteiger partial charge in [0.05, 0.1) is 0 Å². The van der Waals surface area contributed by atoms with E-state index in [0.29, 0.717) is 0 Å². The third-order valence-electron chi connectivity index (χ3n) is 2.21. The molecule has 0 aliphatic rings. The van der Waals surface area contributed by atoms with Crippen LogP contribution in [0, 0.1) is 0 Å². The first-order chi connectivity index (χ1) is 7.68. The molecule has 0 heterocycles. The van der Waals surface area contributed by atoms with Gasteiger partial charge in [-0.05, 0) is 29.8 Å². The van der Waals surface area contributed by atoms with E-state index in [1.807, 2.05) is 50.2 Å². The molecule has 0 aromatic heterocycles. The predicted molar refractivity (Wildman–Crippen MR) is 73.0 cm³/mol. The van der Waals surface area contributed by atoms with Crippen LogP contribution in [0.15, 0.2) is 40.9 Å². The molecule has 2 aromatic carbocycles. The number of hydrogen-bond acceptors (Lipinski definition) is 1. The second-order valence-electron chi connectivity index (χ2n) is 3.23. The number of fused-ring (bicyclic) bond motifs is 1. The Morgan fingerprint density at radius 2 is 1.75 bits per heavy atom. The monoisotopic (exact) mass is 278 g/mol. The number of halogens is 1. The van der Waals surface area contributed by atoms with Gasteiger partial charge < -0.3 is 0 Å². The van der Waals surface area contributed by atoms with Crippen molar-refractivity contribution in [3.63, 3.8) is 0 Å². The van der Waals surface area contributed by atoms with Gasteiger partial charge in [0.15, 0.2) is 5.78 Å². The fourth-order valence-corrected chi connectivity index (χ4v) is 2.04. The highest BCUT2D eigenvalue weighted by Gasteiger charge is 2.05. The number of ketones is 1. The highest BCUT2D eigenvalue weighted by molar-refractivity contribution is 9.10. The molecule has 0 aliphatic carbocycles. The molecule has 0 unspecified atom stereocenters. The van der Waals surface area contributed by atoms with Crippen LogP contribution in [0.4, 0.5) is 0 Å². The Morgan fingerprint density at radius 3 is 2.38 bits per heavy atom. The van der Waals surface area contributed by atoms with Crippen molar-refractivity contribution in [2.45, 2.75) is 20.8 Å². The summed E-state index contributed by atoms with van der Waals surface area (Å²) in [4.78, 5) is 11.4. The summed E-state index contributed by atoms with van der Waals surface area (Å²) in [5.74, 6) is 0.0995. The maximum absolute atomic E-state index is 11.4. The molecule has 2 aromatic rings. The molecule has 2 rings (SSSR count). The Hall–Kier alpha value is -1.15. The van der Waals surface area contributed by atoms with Gasteiger partial charge in [-0.2, -0.15) is 0 Å².